The van der Waals surface area contributed by atoms with E-state index < -0.39 is 0 Å². The monoisotopic (exact) mass is 359 g/mol. The van der Waals surface area contributed by atoms with E-state index in [1.807, 2.05) is 12.1 Å². The molecule has 1 unspecified atom stereocenters. The molecule has 0 amide bonds. The average Bonchev–Trinajstić information content (AvgIpc) is 3.21. The van der Waals surface area contributed by atoms with Crippen LogP contribution in [0.5, 0.6) is 0 Å². The van der Waals surface area contributed by atoms with Crippen molar-refractivity contribution in [3.8, 4) is 0 Å². The van der Waals surface area contributed by atoms with Gasteiger partial charge in [-0.2, -0.15) is 0 Å². The first kappa shape index (κ1) is 17.9. The third-order valence-corrected chi connectivity index (χ3v) is 6.04. The number of guanidine groups is 1. The number of fused-ring (bicyclic) bond motifs is 3. The van der Waals surface area contributed by atoms with E-state index in [1.54, 1.807) is 6.26 Å². The van der Waals surface area contributed by atoms with Crippen LogP contribution in [0.3, 0.4) is 0 Å². The number of piperazine rings is 3. The standard InChI is InChI=1S/C20H33N5O/c1-2-5-17(6-3-1)23-20(21-9-8-19-7-4-14-26-19)22-15-18-16-24-10-12-25(18)13-11-24/h4,7,14,17-18H,1-3,5-6,8-13,15-16H2,(H2,21,22,23). The fourth-order valence-corrected chi connectivity index (χ4v) is 4.45. The number of nitrogens with zero attached hydrogens (tertiary/aromatic N) is 3. The molecule has 1 aromatic heterocycles. The van der Waals surface area contributed by atoms with Crippen molar-refractivity contribution in [2.75, 3.05) is 45.8 Å². The molecule has 1 aromatic rings. The smallest absolute Gasteiger partial charge is 0.191 e. The summed E-state index contributed by atoms with van der Waals surface area (Å²) in [6.07, 6.45) is 9.22. The topological polar surface area (TPSA) is 56.0 Å². The molecule has 4 heterocycles. The molecule has 26 heavy (non-hydrogen) atoms. The predicted molar refractivity (Wildman–Crippen MR) is 105 cm³/mol. The number of hydrogen-bond acceptors (Lipinski definition) is 4. The van der Waals surface area contributed by atoms with Crippen molar-refractivity contribution >= 4 is 5.96 Å². The number of nitrogens with one attached hydrogen (secondary N) is 2. The van der Waals surface area contributed by atoms with Gasteiger partial charge in [-0.05, 0) is 25.0 Å². The molecular weight excluding hydrogens is 326 g/mol. The summed E-state index contributed by atoms with van der Waals surface area (Å²) in [4.78, 5) is 10.2. The van der Waals surface area contributed by atoms with Gasteiger partial charge < -0.3 is 15.1 Å². The summed E-state index contributed by atoms with van der Waals surface area (Å²) in [6, 6.07) is 5.14. The summed E-state index contributed by atoms with van der Waals surface area (Å²) >= 11 is 0. The van der Waals surface area contributed by atoms with Crippen molar-refractivity contribution < 1.29 is 4.42 Å². The molecule has 144 valence electrons. The van der Waals surface area contributed by atoms with Gasteiger partial charge in [0.2, 0.25) is 0 Å². The predicted octanol–water partition coefficient (Wildman–Crippen LogP) is 1.69. The van der Waals surface area contributed by atoms with Crippen LogP contribution in [0.1, 0.15) is 37.9 Å². The summed E-state index contributed by atoms with van der Waals surface area (Å²) in [6.45, 7) is 7.79. The second-order valence-corrected chi connectivity index (χ2v) is 7.92. The molecule has 2 bridgehead atoms. The number of rotatable bonds is 6. The lowest BCUT2D eigenvalue weighted by molar-refractivity contribution is 0.0174. The minimum atomic E-state index is 0.575. The summed E-state index contributed by atoms with van der Waals surface area (Å²) in [5.41, 5.74) is 0. The summed E-state index contributed by atoms with van der Waals surface area (Å²) in [5.74, 6) is 2.01. The van der Waals surface area contributed by atoms with Crippen molar-refractivity contribution in [3.63, 3.8) is 0 Å². The largest absolute Gasteiger partial charge is 0.469 e. The lowest BCUT2D eigenvalue weighted by atomic mass is 9.96. The second kappa shape index (κ2) is 8.91. The van der Waals surface area contributed by atoms with Crippen molar-refractivity contribution in [1.82, 2.24) is 20.4 Å². The highest BCUT2D eigenvalue weighted by Crippen LogP contribution is 2.18. The van der Waals surface area contributed by atoms with Crippen LogP contribution in [0.2, 0.25) is 0 Å². The summed E-state index contributed by atoms with van der Waals surface area (Å²) < 4.78 is 5.44. The lowest BCUT2D eigenvalue weighted by Gasteiger charge is -2.47. The fraction of sp³-hybridized carbons (Fsp3) is 0.750. The minimum absolute atomic E-state index is 0.575. The second-order valence-electron chi connectivity index (χ2n) is 7.92. The highest BCUT2D eigenvalue weighted by atomic mass is 16.3. The van der Waals surface area contributed by atoms with E-state index in [1.165, 1.54) is 64.8 Å². The quantitative estimate of drug-likeness (QED) is 0.598. The maximum atomic E-state index is 5.44. The fourth-order valence-electron chi connectivity index (χ4n) is 4.45. The van der Waals surface area contributed by atoms with E-state index in [0.717, 1.165) is 31.2 Å². The molecule has 0 radical (unpaired) electrons. The van der Waals surface area contributed by atoms with Crippen LogP contribution >= 0.6 is 0 Å². The Morgan fingerprint density at radius 1 is 1.15 bits per heavy atom. The Hall–Kier alpha value is -1.53. The van der Waals surface area contributed by atoms with E-state index in [-0.39, 0.29) is 0 Å². The third-order valence-electron chi connectivity index (χ3n) is 6.04. The zero-order valence-electron chi connectivity index (χ0n) is 15.8. The van der Waals surface area contributed by atoms with Crippen LogP contribution in [0.4, 0.5) is 0 Å². The van der Waals surface area contributed by atoms with Crippen molar-refractivity contribution in [3.05, 3.63) is 24.2 Å². The Kier molecular flexibility index (Phi) is 6.12. The van der Waals surface area contributed by atoms with Gasteiger partial charge in [0.05, 0.1) is 12.8 Å². The molecule has 2 N–H and O–H groups in total. The molecular formula is C20H33N5O. The highest BCUT2D eigenvalue weighted by molar-refractivity contribution is 5.80. The van der Waals surface area contributed by atoms with Crippen LogP contribution in [0, 0.1) is 0 Å². The maximum Gasteiger partial charge on any atom is 0.191 e. The minimum Gasteiger partial charge on any atom is -0.469 e. The van der Waals surface area contributed by atoms with Crippen LogP contribution in [0.25, 0.3) is 0 Å². The maximum absolute atomic E-state index is 5.44. The van der Waals surface area contributed by atoms with Gasteiger partial charge in [-0.3, -0.25) is 14.8 Å². The Labute approximate surface area is 157 Å². The van der Waals surface area contributed by atoms with Crippen LogP contribution in [0.15, 0.2) is 27.8 Å². The van der Waals surface area contributed by atoms with Crippen LogP contribution in [-0.2, 0) is 6.42 Å². The molecule has 4 fully saturated rings. The Balaban J connectivity index is 1.32. The molecule has 1 saturated carbocycles. The lowest BCUT2D eigenvalue weighted by Crippen LogP contribution is -2.62. The van der Waals surface area contributed by atoms with E-state index in [0.29, 0.717) is 12.1 Å². The van der Waals surface area contributed by atoms with Crippen molar-refractivity contribution in [2.24, 2.45) is 4.99 Å². The third kappa shape index (κ3) is 4.80. The van der Waals surface area contributed by atoms with Gasteiger partial charge in [0.15, 0.2) is 5.96 Å². The first-order valence-electron chi connectivity index (χ1n) is 10.4. The van der Waals surface area contributed by atoms with Gasteiger partial charge in [0.25, 0.3) is 0 Å². The van der Waals surface area contributed by atoms with Gasteiger partial charge in [-0.1, -0.05) is 19.3 Å². The molecule has 0 aromatic carbocycles. The number of furan rings is 1. The zero-order valence-corrected chi connectivity index (χ0v) is 15.8. The van der Waals surface area contributed by atoms with Gasteiger partial charge in [-0.25, -0.2) is 0 Å². The molecule has 0 spiro atoms. The molecule has 6 heteroatoms. The molecule has 4 aliphatic rings. The first-order chi connectivity index (χ1) is 12.9. The molecule has 3 saturated heterocycles. The van der Waals surface area contributed by atoms with Crippen LogP contribution < -0.4 is 10.6 Å². The van der Waals surface area contributed by atoms with Gasteiger partial charge in [0.1, 0.15) is 5.76 Å². The van der Waals surface area contributed by atoms with Gasteiger partial charge >= 0.3 is 0 Å². The number of hydrogen-bond donors (Lipinski definition) is 2. The van der Waals surface area contributed by atoms with Crippen molar-refractivity contribution in [1.29, 1.82) is 0 Å². The van der Waals surface area contributed by atoms with E-state index in [9.17, 15) is 0 Å². The summed E-state index contributed by atoms with van der Waals surface area (Å²) in [7, 11) is 0. The SMILES string of the molecule is c1coc(CCNC(=NCC2CN3CCN2CC3)NC2CCCCC2)c1. The van der Waals surface area contributed by atoms with Crippen LogP contribution in [-0.4, -0.2) is 73.7 Å². The molecule has 3 aliphatic heterocycles. The van der Waals surface area contributed by atoms with E-state index >= 15 is 0 Å². The molecule has 1 atom stereocenters. The van der Waals surface area contributed by atoms with Gasteiger partial charge in [0, 0.05) is 57.8 Å². The Morgan fingerprint density at radius 2 is 2.00 bits per heavy atom. The Morgan fingerprint density at radius 3 is 2.69 bits per heavy atom. The normalized spacial score (nSPS) is 29.7. The molecule has 6 nitrogen and oxygen atoms in total. The van der Waals surface area contributed by atoms with Gasteiger partial charge in [-0.15, -0.1) is 0 Å². The Bertz CT molecular complexity index is 559. The van der Waals surface area contributed by atoms with Crippen molar-refractivity contribution in [2.45, 2.75) is 50.6 Å². The summed E-state index contributed by atoms with van der Waals surface area (Å²) in [5, 5.41) is 7.23. The van der Waals surface area contributed by atoms with E-state index in [2.05, 4.69) is 20.4 Å². The van der Waals surface area contributed by atoms with E-state index in [4.69, 9.17) is 9.41 Å². The number of aliphatic imine (C=N–C) groups is 1. The first-order valence-corrected chi connectivity index (χ1v) is 10.4. The zero-order chi connectivity index (χ0) is 17.6. The highest BCUT2D eigenvalue weighted by Gasteiger charge is 2.31. The molecule has 1 aliphatic carbocycles. The average molecular weight is 360 g/mol. The molecule has 5 rings (SSSR count).